The van der Waals surface area contributed by atoms with Gasteiger partial charge < -0.3 is 5.11 Å². The fourth-order valence-electron chi connectivity index (χ4n) is 8.89. The first kappa shape index (κ1) is 25.7. The van der Waals surface area contributed by atoms with Gasteiger partial charge in [0.05, 0.1) is 12.2 Å². The fourth-order valence-corrected chi connectivity index (χ4v) is 9.40. The van der Waals surface area contributed by atoms with Crippen molar-refractivity contribution in [3.8, 4) is 0 Å². The van der Waals surface area contributed by atoms with Crippen molar-refractivity contribution in [3.05, 3.63) is 11.6 Å². The van der Waals surface area contributed by atoms with Crippen LogP contribution in [0.25, 0.3) is 0 Å². The molecule has 3 saturated carbocycles. The van der Waals surface area contributed by atoms with Crippen LogP contribution in [0.1, 0.15) is 98.8 Å². The van der Waals surface area contributed by atoms with Crippen molar-refractivity contribution in [2.75, 3.05) is 0 Å². The number of rotatable bonds is 7. The summed E-state index contributed by atoms with van der Waals surface area (Å²) in [6.45, 7) is 11.9. The largest absolute Gasteiger partial charge is 0.397 e. The van der Waals surface area contributed by atoms with Crippen molar-refractivity contribution in [2.45, 2.75) is 111 Å². The van der Waals surface area contributed by atoms with Gasteiger partial charge in [0, 0.05) is 0 Å². The Balaban J connectivity index is 1.52. The standard InChI is InChI=1S/C27H46O5S/c1-17(2)7-6-8-18(3)21-9-10-22-25-23(12-14-27(21,22)5)26(4)13-11-20(32-33(29,30)31)15-19(26)16-24(25)28/h16-18,20-25,28H,6-15H2,1-5H3,(H,29,30,31)/t18-,20+,21-,22+,23+,24+,25+,26+,27-/m1/s1. The summed E-state index contributed by atoms with van der Waals surface area (Å²) in [5.74, 6) is 3.56. The molecule has 0 aliphatic heterocycles. The lowest BCUT2D eigenvalue weighted by molar-refractivity contribution is -0.0962. The van der Waals surface area contributed by atoms with Gasteiger partial charge >= 0.3 is 10.4 Å². The Morgan fingerprint density at radius 2 is 1.79 bits per heavy atom. The molecule has 33 heavy (non-hydrogen) atoms. The minimum atomic E-state index is -4.45. The maximum atomic E-state index is 11.4. The fraction of sp³-hybridized carbons (Fsp3) is 0.926. The van der Waals surface area contributed by atoms with E-state index in [1.54, 1.807) is 0 Å². The van der Waals surface area contributed by atoms with E-state index in [0.717, 1.165) is 36.2 Å². The first-order valence-corrected chi connectivity index (χ1v) is 14.8. The third kappa shape index (κ3) is 4.83. The first-order valence-electron chi connectivity index (χ1n) is 13.4. The van der Waals surface area contributed by atoms with Crippen LogP contribution >= 0.6 is 0 Å². The zero-order valence-corrected chi connectivity index (χ0v) is 22.1. The molecule has 2 N–H and O–H groups in total. The Labute approximate surface area is 201 Å². The predicted molar refractivity (Wildman–Crippen MR) is 131 cm³/mol. The maximum absolute atomic E-state index is 11.4. The smallest absolute Gasteiger partial charge is 0.389 e. The third-order valence-corrected chi connectivity index (χ3v) is 11.1. The third-order valence-electron chi connectivity index (χ3n) is 10.5. The van der Waals surface area contributed by atoms with Crippen LogP contribution in [0.3, 0.4) is 0 Å². The van der Waals surface area contributed by atoms with Crippen LogP contribution in [0.4, 0.5) is 0 Å². The van der Waals surface area contributed by atoms with E-state index < -0.39 is 22.6 Å². The molecule has 0 amide bonds. The van der Waals surface area contributed by atoms with Gasteiger partial charge in [0.2, 0.25) is 0 Å². The van der Waals surface area contributed by atoms with Gasteiger partial charge in [-0.15, -0.1) is 0 Å². The Morgan fingerprint density at radius 3 is 2.45 bits per heavy atom. The summed E-state index contributed by atoms with van der Waals surface area (Å²) >= 11 is 0. The van der Waals surface area contributed by atoms with Crippen LogP contribution < -0.4 is 0 Å². The summed E-state index contributed by atoms with van der Waals surface area (Å²) in [4.78, 5) is 0. The summed E-state index contributed by atoms with van der Waals surface area (Å²) in [5.41, 5.74) is 1.44. The molecule has 0 aromatic heterocycles. The summed E-state index contributed by atoms with van der Waals surface area (Å²) in [6, 6.07) is 0. The summed E-state index contributed by atoms with van der Waals surface area (Å²) in [5, 5.41) is 11.4. The number of fused-ring (bicyclic) bond motifs is 5. The van der Waals surface area contributed by atoms with Gasteiger partial charge in [0.25, 0.3) is 0 Å². The first-order chi connectivity index (χ1) is 15.3. The van der Waals surface area contributed by atoms with E-state index in [0.29, 0.717) is 36.0 Å². The molecule has 0 aromatic carbocycles. The van der Waals surface area contributed by atoms with Crippen LogP contribution in [0.15, 0.2) is 11.6 Å². The molecule has 4 rings (SSSR count). The zero-order chi connectivity index (χ0) is 24.2. The van der Waals surface area contributed by atoms with Crippen LogP contribution in [0.2, 0.25) is 0 Å². The summed E-state index contributed by atoms with van der Waals surface area (Å²) in [7, 11) is -4.45. The van der Waals surface area contributed by atoms with Gasteiger partial charge in [0.15, 0.2) is 0 Å². The zero-order valence-electron chi connectivity index (χ0n) is 21.3. The van der Waals surface area contributed by atoms with Crippen molar-refractivity contribution in [3.63, 3.8) is 0 Å². The molecule has 0 heterocycles. The molecule has 4 aliphatic carbocycles. The highest BCUT2D eigenvalue weighted by Crippen LogP contribution is 2.67. The van der Waals surface area contributed by atoms with E-state index in [1.165, 1.54) is 38.5 Å². The minimum Gasteiger partial charge on any atom is -0.389 e. The van der Waals surface area contributed by atoms with Gasteiger partial charge in [-0.05, 0) is 91.3 Å². The quantitative estimate of drug-likeness (QED) is 0.334. The number of aliphatic hydroxyl groups is 1. The van der Waals surface area contributed by atoms with Crippen LogP contribution in [0.5, 0.6) is 0 Å². The van der Waals surface area contributed by atoms with E-state index in [4.69, 9.17) is 8.74 Å². The Kier molecular flexibility index (Phi) is 7.17. The molecule has 0 bridgehead atoms. The second-order valence-electron chi connectivity index (χ2n) is 12.8. The highest BCUT2D eigenvalue weighted by molar-refractivity contribution is 7.80. The Bertz CT molecular complexity index is 851. The van der Waals surface area contributed by atoms with Gasteiger partial charge in [0.1, 0.15) is 0 Å². The number of aliphatic hydroxyl groups excluding tert-OH is 1. The predicted octanol–water partition coefficient (Wildman–Crippen LogP) is 6.19. The molecule has 4 aliphatic rings. The SMILES string of the molecule is CC(C)CCC[C@@H](C)[C@H]1CC[C@H]2[C@@H]3[C@@H](O)C=C4C[C@@H](OS(=O)(=O)O)CC[C@]4(C)[C@H]3CC[C@]12C. The molecular weight excluding hydrogens is 436 g/mol. The van der Waals surface area contributed by atoms with E-state index in [9.17, 15) is 13.5 Å². The van der Waals surface area contributed by atoms with Crippen molar-refractivity contribution in [1.82, 2.24) is 0 Å². The molecule has 0 aromatic rings. The average Bonchev–Trinajstić information content (AvgIpc) is 3.05. The molecule has 190 valence electrons. The van der Waals surface area contributed by atoms with Gasteiger partial charge in [-0.3, -0.25) is 4.55 Å². The number of hydrogen-bond donors (Lipinski definition) is 2. The highest BCUT2D eigenvalue weighted by Gasteiger charge is 2.61. The molecule has 0 radical (unpaired) electrons. The molecule has 0 spiro atoms. The molecule has 0 unspecified atom stereocenters. The summed E-state index contributed by atoms with van der Waals surface area (Å²) in [6.07, 6.45) is 11.8. The Hall–Kier alpha value is -0.430. The maximum Gasteiger partial charge on any atom is 0.397 e. The lowest BCUT2D eigenvalue weighted by Gasteiger charge is -2.59. The second-order valence-corrected chi connectivity index (χ2v) is 13.9. The molecule has 6 heteroatoms. The topological polar surface area (TPSA) is 83.8 Å². The second kappa shape index (κ2) is 9.22. The lowest BCUT2D eigenvalue weighted by Crippen LogP contribution is -2.55. The van der Waals surface area contributed by atoms with E-state index in [2.05, 4.69) is 34.6 Å². The minimum absolute atomic E-state index is 0.00866. The van der Waals surface area contributed by atoms with E-state index in [-0.39, 0.29) is 5.41 Å². The highest BCUT2D eigenvalue weighted by atomic mass is 32.3. The Morgan fingerprint density at radius 1 is 1.06 bits per heavy atom. The van der Waals surface area contributed by atoms with E-state index in [1.807, 2.05) is 6.08 Å². The van der Waals surface area contributed by atoms with Gasteiger partial charge in [-0.2, -0.15) is 8.42 Å². The van der Waals surface area contributed by atoms with Crippen molar-refractivity contribution < 1.29 is 22.3 Å². The van der Waals surface area contributed by atoms with Crippen LogP contribution in [0, 0.1) is 46.3 Å². The average molecular weight is 483 g/mol. The van der Waals surface area contributed by atoms with Gasteiger partial charge in [-0.25, -0.2) is 4.18 Å². The summed E-state index contributed by atoms with van der Waals surface area (Å²) < 4.78 is 36.5. The molecule has 9 atom stereocenters. The molecular formula is C27H46O5S. The van der Waals surface area contributed by atoms with Gasteiger partial charge in [-0.1, -0.05) is 65.5 Å². The van der Waals surface area contributed by atoms with Crippen molar-refractivity contribution >= 4 is 10.4 Å². The molecule has 5 nitrogen and oxygen atoms in total. The monoisotopic (exact) mass is 482 g/mol. The number of hydrogen-bond acceptors (Lipinski definition) is 4. The van der Waals surface area contributed by atoms with Crippen LogP contribution in [-0.2, 0) is 14.6 Å². The molecule has 0 saturated heterocycles. The normalized spacial score (nSPS) is 44.1. The van der Waals surface area contributed by atoms with E-state index >= 15 is 0 Å². The van der Waals surface area contributed by atoms with Crippen LogP contribution in [-0.4, -0.2) is 30.3 Å². The van der Waals surface area contributed by atoms with Crippen molar-refractivity contribution in [2.24, 2.45) is 46.3 Å². The lowest BCUT2D eigenvalue weighted by atomic mass is 9.46. The molecule has 3 fully saturated rings. The van der Waals surface area contributed by atoms with Crippen molar-refractivity contribution in [1.29, 1.82) is 0 Å².